The van der Waals surface area contributed by atoms with Gasteiger partial charge in [-0.05, 0) is 20.8 Å². The second kappa shape index (κ2) is 15.9. The monoisotopic (exact) mass is 369 g/mol. The number of unbranched alkanes of at least 4 members (excludes halogenated alkanes) is 1. The van der Waals surface area contributed by atoms with E-state index in [0.717, 1.165) is 12.0 Å². The molecule has 1 heterocycles. The molecular weight excluding hydrogens is 349 g/mol. The standard InChI is InChI=1S/C9H14N4O2P.C3H7.Rb/c1-13(9(15)4-2-3-5-14)16-7-8-6-10-12-11-8;1-3-2;/h5-6,16H,2-4,7H2,1H3;3H,1-2H3;/q2*-1;+1. The van der Waals surface area contributed by atoms with Gasteiger partial charge in [0, 0.05) is 26.1 Å². The number of rotatable bonds is 7. The van der Waals surface area contributed by atoms with Gasteiger partial charge < -0.3 is 26.1 Å². The molecule has 0 spiro atoms. The van der Waals surface area contributed by atoms with Crippen molar-refractivity contribution in [1.29, 1.82) is 0 Å². The summed E-state index contributed by atoms with van der Waals surface area (Å²) in [7, 11) is 2.10. The first-order chi connectivity index (χ1) is 9.15. The van der Waals surface area contributed by atoms with Crippen LogP contribution in [0.3, 0.4) is 0 Å². The fourth-order valence-corrected chi connectivity index (χ4v) is 1.92. The van der Waals surface area contributed by atoms with E-state index in [1.54, 1.807) is 17.9 Å². The van der Waals surface area contributed by atoms with Crippen LogP contribution in [0, 0.1) is 6.42 Å². The fourth-order valence-electron chi connectivity index (χ4n) is 1.07. The van der Waals surface area contributed by atoms with E-state index in [1.807, 2.05) is 20.3 Å². The summed E-state index contributed by atoms with van der Waals surface area (Å²) in [5, 5.41) is 10.9. The van der Waals surface area contributed by atoms with Crippen LogP contribution in [0.4, 0.5) is 0 Å². The van der Waals surface area contributed by atoms with Crippen molar-refractivity contribution >= 4 is 20.9 Å². The Bertz CT molecular complexity index is 349. The summed E-state index contributed by atoms with van der Waals surface area (Å²) in [6.45, 7) is 4.00. The number of carbonyl (C=O) groups is 2. The Morgan fingerprint density at radius 1 is 1.55 bits per heavy atom. The van der Waals surface area contributed by atoms with Crippen molar-refractivity contribution in [2.24, 2.45) is 0 Å². The minimum Gasteiger partial charge on any atom is -0.358 e. The number of hydrogen-bond donors (Lipinski definition) is 0. The zero-order valence-electron chi connectivity index (χ0n) is 12.7. The second-order valence-electron chi connectivity index (χ2n) is 3.85. The summed E-state index contributed by atoms with van der Waals surface area (Å²) in [6, 6.07) is 0. The molecule has 0 radical (unpaired) electrons. The average molecular weight is 370 g/mol. The minimum absolute atomic E-state index is 0. The number of nitrogens with zero attached hydrogens (tertiary/aromatic N) is 4. The molecule has 1 atom stereocenters. The molecule has 8 heteroatoms. The van der Waals surface area contributed by atoms with Crippen molar-refractivity contribution in [3.05, 3.63) is 18.3 Å². The summed E-state index contributed by atoms with van der Waals surface area (Å²) in [6.07, 6.45) is 6.60. The van der Waals surface area contributed by atoms with E-state index in [-0.39, 0.29) is 64.1 Å². The van der Waals surface area contributed by atoms with Crippen LogP contribution in [0.5, 0.6) is 0 Å². The summed E-state index contributed by atoms with van der Waals surface area (Å²) >= 11 is 0. The van der Waals surface area contributed by atoms with Gasteiger partial charge in [0.05, 0.1) is 0 Å². The Morgan fingerprint density at radius 3 is 2.70 bits per heavy atom. The van der Waals surface area contributed by atoms with Crippen molar-refractivity contribution in [2.75, 3.05) is 7.05 Å². The molecule has 0 saturated heterocycles. The second-order valence-corrected chi connectivity index (χ2v) is 5.19. The fraction of sp³-hybridized carbons (Fsp3) is 0.583. The van der Waals surface area contributed by atoms with Crippen molar-refractivity contribution in [2.45, 2.75) is 39.3 Å². The van der Waals surface area contributed by atoms with Gasteiger partial charge in [0.2, 0.25) is 5.91 Å². The maximum absolute atomic E-state index is 11.5. The van der Waals surface area contributed by atoms with Crippen molar-refractivity contribution in [3.8, 4) is 0 Å². The van der Waals surface area contributed by atoms with Gasteiger partial charge in [-0.25, -0.2) is 0 Å². The van der Waals surface area contributed by atoms with Gasteiger partial charge in [-0.2, -0.15) is 13.8 Å². The van der Waals surface area contributed by atoms with E-state index in [1.165, 1.54) is 0 Å². The van der Waals surface area contributed by atoms with E-state index in [0.29, 0.717) is 34.2 Å². The van der Waals surface area contributed by atoms with Crippen LogP contribution < -0.4 is 63.3 Å². The third-order valence-corrected chi connectivity index (χ3v) is 3.26. The molecule has 0 aliphatic rings. The maximum atomic E-state index is 11.5. The summed E-state index contributed by atoms with van der Waals surface area (Å²) in [4.78, 5) is 21.6. The zero-order valence-corrected chi connectivity index (χ0v) is 18.6. The summed E-state index contributed by atoms with van der Waals surface area (Å²) in [5.41, 5.74) is 0.797. The Morgan fingerprint density at radius 2 is 2.20 bits per heavy atom. The topological polar surface area (TPSA) is 77.3 Å². The van der Waals surface area contributed by atoms with Crippen LogP contribution in [-0.4, -0.2) is 34.2 Å². The number of aldehydes is 1. The van der Waals surface area contributed by atoms with Gasteiger partial charge >= 0.3 is 58.2 Å². The molecule has 1 aromatic rings. The first kappa shape index (κ1) is 22.8. The van der Waals surface area contributed by atoms with E-state index in [4.69, 9.17) is 0 Å². The quantitative estimate of drug-likeness (QED) is 0.255. The van der Waals surface area contributed by atoms with E-state index >= 15 is 0 Å². The van der Waals surface area contributed by atoms with Crippen LogP contribution in [0.15, 0.2) is 6.20 Å². The van der Waals surface area contributed by atoms with Gasteiger partial charge in [-0.3, -0.25) is 10.0 Å². The summed E-state index contributed by atoms with van der Waals surface area (Å²) in [5.74, 6) is 0.0626. The van der Waals surface area contributed by atoms with Crippen LogP contribution in [0.1, 0.15) is 38.8 Å². The number of carbonyl (C=O) groups excluding carboxylic acids is 2. The molecule has 0 aromatic carbocycles. The minimum atomic E-state index is 0. The molecule has 0 bridgehead atoms. The third-order valence-electron chi connectivity index (χ3n) is 2.02. The van der Waals surface area contributed by atoms with Crippen LogP contribution in [-0.2, 0) is 15.8 Å². The molecule has 0 aliphatic heterocycles. The molecule has 1 aromatic heterocycles. The summed E-state index contributed by atoms with van der Waals surface area (Å²) < 4.78 is 1.67. The molecule has 0 saturated carbocycles. The molecule has 1 amide bonds. The van der Waals surface area contributed by atoms with Crippen LogP contribution in [0.2, 0.25) is 0 Å². The predicted octanol–water partition coefficient (Wildman–Crippen LogP) is -1.41. The first-order valence-electron chi connectivity index (χ1n) is 6.13. The SMILES string of the molecule is CN(PCc1c[n-]nn1)C(=O)CCCC=O.C[CH-]C.[Rb+]. The smallest absolute Gasteiger partial charge is 0.358 e. The maximum Gasteiger partial charge on any atom is 1.00 e. The van der Waals surface area contributed by atoms with Gasteiger partial charge in [0.15, 0.2) is 0 Å². The Kier molecular flexibility index (Phi) is 18.1. The average Bonchev–Trinajstić information content (AvgIpc) is 2.90. The van der Waals surface area contributed by atoms with Gasteiger partial charge in [0.1, 0.15) is 6.29 Å². The largest absolute Gasteiger partial charge is 1.00 e. The van der Waals surface area contributed by atoms with Gasteiger partial charge in [-0.15, -0.1) is 0 Å². The molecule has 0 fully saturated rings. The zero-order chi connectivity index (χ0) is 14.5. The molecule has 1 unspecified atom stereocenters. The van der Waals surface area contributed by atoms with Gasteiger partial charge in [-0.1, -0.05) is 6.20 Å². The van der Waals surface area contributed by atoms with E-state index in [9.17, 15) is 9.59 Å². The molecule has 0 N–H and O–H groups in total. The predicted molar refractivity (Wildman–Crippen MR) is 75.7 cm³/mol. The van der Waals surface area contributed by atoms with Crippen molar-refractivity contribution in [3.63, 3.8) is 0 Å². The van der Waals surface area contributed by atoms with E-state index < -0.39 is 0 Å². The molecule has 1 rings (SSSR count). The van der Waals surface area contributed by atoms with Crippen molar-refractivity contribution in [1.82, 2.24) is 20.1 Å². The molecule has 0 aliphatic carbocycles. The number of aromatic nitrogens is 3. The first-order valence-corrected chi connectivity index (χ1v) is 7.28. The Balaban J connectivity index is 0. The Hall–Kier alpha value is 0.515. The molecule has 108 valence electrons. The number of amides is 1. The van der Waals surface area contributed by atoms with Crippen LogP contribution >= 0.6 is 8.73 Å². The third kappa shape index (κ3) is 12.3. The van der Waals surface area contributed by atoms with Crippen molar-refractivity contribution < 1.29 is 67.8 Å². The molecule has 6 nitrogen and oxygen atoms in total. The molecule has 20 heavy (non-hydrogen) atoms. The van der Waals surface area contributed by atoms with Crippen LogP contribution in [0.25, 0.3) is 0 Å². The Labute approximate surface area is 171 Å². The normalized spacial score (nSPS) is 9.55. The van der Waals surface area contributed by atoms with Gasteiger partial charge in [0.25, 0.3) is 0 Å². The van der Waals surface area contributed by atoms with E-state index in [2.05, 4.69) is 15.4 Å². The molecular formula is C12H21N4O2PRb-. The number of hydrogen-bond acceptors (Lipinski definition) is 4.